The molecule has 4 heteroatoms. The van der Waals surface area contributed by atoms with Gasteiger partial charge in [0.15, 0.2) is 0 Å². The van der Waals surface area contributed by atoms with Gasteiger partial charge in [-0.25, -0.2) is 4.21 Å². The summed E-state index contributed by atoms with van der Waals surface area (Å²) in [7, 11) is -1.10. The molecule has 1 unspecified atom stereocenters. The first-order chi connectivity index (χ1) is 4.31. The lowest BCUT2D eigenvalue weighted by atomic mass is 10.8. The molecule has 52 valence electrons. The van der Waals surface area contributed by atoms with Gasteiger partial charge in [-0.1, -0.05) is 12.8 Å². The minimum absolute atomic E-state index is 0.145. The van der Waals surface area contributed by atoms with Crippen molar-refractivity contribution in [3.8, 4) is 12.3 Å². The first-order valence-electron chi connectivity index (χ1n) is 2.50. The Bertz CT molecular complexity index is 129. The second-order valence-electron chi connectivity index (χ2n) is 1.21. The third-order valence-corrected chi connectivity index (χ3v) is 1.40. The minimum Gasteiger partial charge on any atom is -0.276 e. The Hall–Kier alpha value is -0.370. The summed E-state index contributed by atoms with van der Waals surface area (Å²) in [6.45, 7) is 1.92. The average molecular weight is 147 g/mol. The SMILES string of the molecule is C#CCONS(=O)CC. The summed E-state index contributed by atoms with van der Waals surface area (Å²) < 4.78 is 10.5. The molecule has 0 aliphatic rings. The maximum absolute atomic E-state index is 10.5. The second kappa shape index (κ2) is 5.76. The van der Waals surface area contributed by atoms with E-state index in [2.05, 4.69) is 15.6 Å². The molecule has 0 fully saturated rings. The molecule has 0 aromatic rings. The fraction of sp³-hybridized carbons (Fsp3) is 0.600. The summed E-state index contributed by atoms with van der Waals surface area (Å²) in [5.41, 5.74) is 0. The first kappa shape index (κ1) is 8.63. The van der Waals surface area contributed by atoms with Crippen LogP contribution in [0.2, 0.25) is 0 Å². The van der Waals surface area contributed by atoms with E-state index >= 15 is 0 Å². The zero-order chi connectivity index (χ0) is 7.11. The van der Waals surface area contributed by atoms with Gasteiger partial charge in [0.05, 0.1) is 0 Å². The smallest absolute Gasteiger partial charge is 0.130 e. The zero-order valence-corrected chi connectivity index (χ0v) is 6.03. The normalized spacial score (nSPS) is 12.4. The quantitative estimate of drug-likeness (QED) is 0.340. The largest absolute Gasteiger partial charge is 0.276 e. The van der Waals surface area contributed by atoms with Gasteiger partial charge in [-0.05, 0) is 0 Å². The Morgan fingerprint density at radius 3 is 3.00 bits per heavy atom. The summed E-state index contributed by atoms with van der Waals surface area (Å²) in [6, 6.07) is 0. The molecule has 0 bridgehead atoms. The van der Waals surface area contributed by atoms with Crippen LogP contribution in [-0.2, 0) is 15.8 Å². The molecule has 0 saturated heterocycles. The van der Waals surface area contributed by atoms with Crippen molar-refractivity contribution in [1.29, 1.82) is 0 Å². The topological polar surface area (TPSA) is 38.3 Å². The lowest BCUT2D eigenvalue weighted by molar-refractivity contribution is 0.128. The molecule has 3 nitrogen and oxygen atoms in total. The lowest BCUT2D eigenvalue weighted by Gasteiger charge is -1.97. The van der Waals surface area contributed by atoms with Crippen molar-refractivity contribution in [3.05, 3.63) is 0 Å². The summed E-state index contributed by atoms with van der Waals surface area (Å²) in [5.74, 6) is 2.75. The van der Waals surface area contributed by atoms with Crippen molar-refractivity contribution < 1.29 is 9.05 Å². The van der Waals surface area contributed by atoms with E-state index in [1.807, 2.05) is 0 Å². The number of terminal acetylenes is 1. The van der Waals surface area contributed by atoms with Crippen LogP contribution in [0.25, 0.3) is 0 Å². The molecule has 0 aliphatic heterocycles. The number of hydrogen-bond donors (Lipinski definition) is 1. The second-order valence-corrected chi connectivity index (χ2v) is 2.65. The third kappa shape index (κ3) is 5.50. The van der Waals surface area contributed by atoms with Crippen LogP contribution in [0.4, 0.5) is 0 Å². The van der Waals surface area contributed by atoms with Crippen molar-refractivity contribution in [1.82, 2.24) is 4.89 Å². The molecule has 9 heavy (non-hydrogen) atoms. The van der Waals surface area contributed by atoms with Gasteiger partial charge in [0.25, 0.3) is 0 Å². The van der Waals surface area contributed by atoms with Crippen LogP contribution in [0.15, 0.2) is 0 Å². The Balaban J connectivity index is 3.09. The molecule has 0 aromatic carbocycles. The van der Waals surface area contributed by atoms with E-state index < -0.39 is 11.0 Å². The Morgan fingerprint density at radius 1 is 1.89 bits per heavy atom. The van der Waals surface area contributed by atoms with E-state index in [1.54, 1.807) is 6.92 Å². The van der Waals surface area contributed by atoms with Gasteiger partial charge in [0.2, 0.25) is 0 Å². The van der Waals surface area contributed by atoms with Gasteiger partial charge < -0.3 is 0 Å². The van der Waals surface area contributed by atoms with Gasteiger partial charge in [-0.2, -0.15) is 0 Å². The van der Waals surface area contributed by atoms with Gasteiger partial charge in [0, 0.05) is 5.75 Å². The van der Waals surface area contributed by atoms with Crippen LogP contribution < -0.4 is 4.89 Å². The molecule has 0 saturated carbocycles. The van der Waals surface area contributed by atoms with Gasteiger partial charge in [-0.3, -0.25) is 4.84 Å². The van der Waals surface area contributed by atoms with Crippen molar-refractivity contribution >= 4 is 11.0 Å². The number of rotatable bonds is 4. The maximum atomic E-state index is 10.5. The molecule has 0 amide bonds. The molecule has 0 rings (SSSR count). The van der Waals surface area contributed by atoms with E-state index in [0.717, 1.165) is 0 Å². The van der Waals surface area contributed by atoms with Crippen molar-refractivity contribution in [2.75, 3.05) is 12.4 Å². The van der Waals surface area contributed by atoms with Crippen molar-refractivity contribution in [2.24, 2.45) is 0 Å². The van der Waals surface area contributed by atoms with Crippen LogP contribution in [0.1, 0.15) is 6.92 Å². The minimum atomic E-state index is -1.10. The standard InChI is InChI=1S/C5H9NO2S/c1-3-5-8-6-9(7)4-2/h1,6H,4-5H2,2H3. The first-order valence-corrected chi connectivity index (χ1v) is 3.82. The molecule has 0 heterocycles. The van der Waals surface area contributed by atoms with Crippen LogP contribution in [0.3, 0.4) is 0 Å². The Kier molecular flexibility index (Phi) is 5.52. The molecular formula is C5H9NO2S. The van der Waals surface area contributed by atoms with Crippen molar-refractivity contribution in [2.45, 2.75) is 6.92 Å². The summed E-state index contributed by atoms with van der Waals surface area (Å²) in [6.07, 6.45) is 4.84. The maximum Gasteiger partial charge on any atom is 0.130 e. The predicted octanol–water partition coefficient (Wildman–Crippen LogP) is -0.176. The van der Waals surface area contributed by atoms with E-state index in [1.165, 1.54) is 0 Å². The molecule has 0 aromatic heterocycles. The molecule has 0 spiro atoms. The van der Waals surface area contributed by atoms with Gasteiger partial charge >= 0.3 is 0 Å². The number of nitrogens with one attached hydrogen (secondary N) is 1. The lowest BCUT2D eigenvalue weighted by Crippen LogP contribution is -2.19. The van der Waals surface area contributed by atoms with Crippen molar-refractivity contribution in [3.63, 3.8) is 0 Å². The molecule has 1 N–H and O–H groups in total. The molecule has 0 aliphatic carbocycles. The van der Waals surface area contributed by atoms with Gasteiger partial charge in [0.1, 0.15) is 17.6 Å². The third-order valence-electron chi connectivity index (χ3n) is 0.570. The predicted molar refractivity (Wildman–Crippen MR) is 36.6 cm³/mol. The summed E-state index contributed by atoms with van der Waals surface area (Å²) >= 11 is 0. The van der Waals surface area contributed by atoms with Crippen LogP contribution >= 0.6 is 0 Å². The summed E-state index contributed by atoms with van der Waals surface area (Å²) in [5, 5.41) is 0. The van der Waals surface area contributed by atoms with E-state index in [4.69, 9.17) is 6.42 Å². The highest BCUT2D eigenvalue weighted by Crippen LogP contribution is 1.72. The van der Waals surface area contributed by atoms with Gasteiger partial charge in [-0.15, -0.1) is 11.3 Å². The molecule has 1 atom stereocenters. The highest BCUT2D eigenvalue weighted by atomic mass is 32.2. The monoisotopic (exact) mass is 147 g/mol. The van der Waals surface area contributed by atoms with Crippen LogP contribution in [0, 0.1) is 12.3 Å². The Labute approximate surface area is 57.3 Å². The highest BCUT2D eigenvalue weighted by Gasteiger charge is 1.89. The molecule has 0 radical (unpaired) electrons. The average Bonchev–Trinajstić information content (AvgIpc) is 1.89. The zero-order valence-electron chi connectivity index (χ0n) is 5.22. The number of hydrogen-bond acceptors (Lipinski definition) is 2. The molecular weight excluding hydrogens is 138 g/mol. The van der Waals surface area contributed by atoms with E-state index in [-0.39, 0.29) is 6.61 Å². The van der Waals surface area contributed by atoms with E-state index in [0.29, 0.717) is 5.75 Å². The fourth-order valence-electron chi connectivity index (χ4n) is 0.196. The van der Waals surface area contributed by atoms with Crippen LogP contribution in [0.5, 0.6) is 0 Å². The summed E-state index contributed by atoms with van der Waals surface area (Å²) in [4.78, 5) is 6.81. The fourth-order valence-corrected chi connectivity index (χ4v) is 0.504. The van der Waals surface area contributed by atoms with E-state index in [9.17, 15) is 4.21 Å². The van der Waals surface area contributed by atoms with Crippen LogP contribution in [-0.4, -0.2) is 16.6 Å². The highest BCUT2D eigenvalue weighted by molar-refractivity contribution is 7.82. The Morgan fingerprint density at radius 2 is 2.56 bits per heavy atom.